The third-order valence-electron chi connectivity index (χ3n) is 3.69. The van der Waals surface area contributed by atoms with Crippen molar-refractivity contribution in [3.8, 4) is 0 Å². The van der Waals surface area contributed by atoms with Crippen molar-refractivity contribution in [2.24, 2.45) is 5.41 Å². The van der Waals surface area contributed by atoms with Crippen LogP contribution in [0.3, 0.4) is 0 Å². The van der Waals surface area contributed by atoms with E-state index in [0.717, 1.165) is 37.0 Å². The van der Waals surface area contributed by atoms with Gasteiger partial charge in [0.1, 0.15) is 5.82 Å². The fraction of sp³-hybridized carbons (Fsp3) is 0.412. The average Bonchev–Trinajstić information content (AvgIpc) is 2.45. The van der Waals surface area contributed by atoms with E-state index in [1.807, 2.05) is 12.1 Å². The Morgan fingerprint density at radius 1 is 1.38 bits per heavy atom. The quantitative estimate of drug-likeness (QED) is 0.684. The zero-order valence-corrected chi connectivity index (χ0v) is 12.8. The monoisotopic (exact) mass is 286 g/mol. The van der Waals surface area contributed by atoms with Crippen LogP contribution >= 0.6 is 0 Å². The van der Waals surface area contributed by atoms with Crippen LogP contribution in [0.2, 0.25) is 0 Å². The van der Waals surface area contributed by atoms with Crippen molar-refractivity contribution in [2.75, 3.05) is 18.0 Å². The van der Waals surface area contributed by atoms with Gasteiger partial charge in [-0.1, -0.05) is 32.4 Å². The molecule has 1 aromatic heterocycles. The van der Waals surface area contributed by atoms with E-state index < -0.39 is 5.97 Å². The molecule has 0 unspecified atom stereocenters. The molecule has 0 aromatic carbocycles. The Balaban J connectivity index is 2.04. The molecular weight excluding hydrogens is 264 g/mol. The molecule has 0 bridgehead atoms. The van der Waals surface area contributed by atoms with Crippen LogP contribution in [-0.4, -0.2) is 29.1 Å². The van der Waals surface area contributed by atoms with E-state index in [4.69, 9.17) is 5.11 Å². The standard InChI is InChI=1S/C17H22N2O2/c1-17(2,3)14-8-10-19(11-9-14)15-6-4-13(12-18-15)5-7-16(20)21/h4-8,12H,9-11H2,1-3H3,(H,20,21)/b7-5+. The summed E-state index contributed by atoms with van der Waals surface area (Å²) in [4.78, 5) is 17.1. The molecule has 4 nitrogen and oxygen atoms in total. The summed E-state index contributed by atoms with van der Waals surface area (Å²) in [6.07, 6.45) is 7.73. The zero-order chi connectivity index (χ0) is 15.5. The third-order valence-corrected chi connectivity index (χ3v) is 3.69. The summed E-state index contributed by atoms with van der Waals surface area (Å²) in [5.41, 5.74) is 2.54. The number of rotatable bonds is 3. The van der Waals surface area contributed by atoms with Gasteiger partial charge < -0.3 is 10.0 Å². The predicted molar refractivity (Wildman–Crippen MR) is 85.3 cm³/mol. The first kappa shape index (κ1) is 15.3. The van der Waals surface area contributed by atoms with Gasteiger partial charge in [0.05, 0.1) is 0 Å². The highest BCUT2D eigenvalue weighted by Gasteiger charge is 2.21. The van der Waals surface area contributed by atoms with Crippen LogP contribution in [0.1, 0.15) is 32.8 Å². The molecule has 0 saturated carbocycles. The number of anilines is 1. The van der Waals surface area contributed by atoms with E-state index in [9.17, 15) is 4.79 Å². The number of carboxylic acid groups (broad SMARTS) is 1. The molecule has 0 spiro atoms. The van der Waals surface area contributed by atoms with Crippen LogP contribution in [0.25, 0.3) is 6.08 Å². The van der Waals surface area contributed by atoms with Gasteiger partial charge in [-0.25, -0.2) is 9.78 Å². The minimum Gasteiger partial charge on any atom is -0.478 e. The van der Waals surface area contributed by atoms with Crippen LogP contribution in [-0.2, 0) is 4.79 Å². The first-order valence-electron chi connectivity index (χ1n) is 7.18. The van der Waals surface area contributed by atoms with Crippen LogP contribution in [0.4, 0.5) is 5.82 Å². The predicted octanol–water partition coefficient (Wildman–Crippen LogP) is 3.36. The van der Waals surface area contributed by atoms with Crippen LogP contribution in [0, 0.1) is 5.41 Å². The van der Waals surface area contributed by atoms with Gasteiger partial charge in [-0.3, -0.25) is 0 Å². The molecule has 2 heterocycles. The molecule has 0 amide bonds. The maximum atomic E-state index is 10.5. The SMILES string of the molecule is CC(C)(C)C1=CCN(c2ccc(/C=C/C(=O)O)cn2)CC1. The van der Waals surface area contributed by atoms with Gasteiger partial charge in [-0.15, -0.1) is 0 Å². The fourth-order valence-corrected chi connectivity index (χ4v) is 2.41. The van der Waals surface area contributed by atoms with Crippen molar-refractivity contribution in [1.29, 1.82) is 0 Å². The Morgan fingerprint density at radius 2 is 2.14 bits per heavy atom. The molecule has 1 N–H and O–H groups in total. The van der Waals surface area contributed by atoms with Gasteiger partial charge in [0.15, 0.2) is 0 Å². The number of carbonyl (C=O) groups is 1. The second-order valence-electron chi connectivity index (χ2n) is 6.30. The van der Waals surface area contributed by atoms with Gasteiger partial charge in [-0.2, -0.15) is 0 Å². The van der Waals surface area contributed by atoms with Crippen molar-refractivity contribution in [2.45, 2.75) is 27.2 Å². The summed E-state index contributed by atoms with van der Waals surface area (Å²) in [6.45, 7) is 8.59. The Bertz CT molecular complexity index is 565. The number of aliphatic carboxylic acids is 1. The highest BCUT2D eigenvalue weighted by Crippen LogP contribution is 2.31. The maximum absolute atomic E-state index is 10.5. The molecule has 1 aromatic rings. The Kier molecular flexibility index (Phi) is 4.46. The number of aromatic nitrogens is 1. The number of hydrogen-bond donors (Lipinski definition) is 1. The van der Waals surface area contributed by atoms with Gasteiger partial charge in [0.2, 0.25) is 0 Å². The molecule has 112 valence electrons. The van der Waals surface area contributed by atoms with Gasteiger partial charge in [-0.05, 0) is 35.6 Å². The van der Waals surface area contributed by atoms with Crippen molar-refractivity contribution in [3.05, 3.63) is 41.6 Å². The minimum atomic E-state index is -0.949. The maximum Gasteiger partial charge on any atom is 0.328 e. The van der Waals surface area contributed by atoms with E-state index in [2.05, 4.69) is 36.7 Å². The van der Waals surface area contributed by atoms with Crippen molar-refractivity contribution >= 4 is 17.9 Å². The van der Waals surface area contributed by atoms with Gasteiger partial charge in [0.25, 0.3) is 0 Å². The second kappa shape index (κ2) is 6.12. The molecule has 0 aliphatic carbocycles. The molecule has 0 atom stereocenters. The summed E-state index contributed by atoms with van der Waals surface area (Å²) >= 11 is 0. The summed E-state index contributed by atoms with van der Waals surface area (Å²) in [5, 5.41) is 8.60. The lowest BCUT2D eigenvalue weighted by molar-refractivity contribution is -0.131. The Labute approximate surface area is 125 Å². The number of nitrogens with zero attached hydrogens (tertiary/aromatic N) is 2. The van der Waals surface area contributed by atoms with Crippen molar-refractivity contribution in [3.63, 3.8) is 0 Å². The molecular formula is C17H22N2O2. The molecule has 21 heavy (non-hydrogen) atoms. The largest absolute Gasteiger partial charge is 0.478 e. The molecule has 0 saturated heterocycles. The molecule has 0 fully saturated rings. The Morgan fingerprint density at radius 3 is 2.62 bits per heavy atom. The van der Waals surface area contributed by atoms with Crippen LogP contribution in [0.15, 0.2) is 36.1 Å². The second-order valence-corrected chi connectivity index (χ2v) is 6.30. The molecule has 0 radical (unpaired) electrons. The van der Waals surface area contributed by atoms with Crippen molar-refractivity contribution < 1.29 is 9.90 Å². The van der Waals surface area contributed by atoms with E-state index in [1.54, 1.807) is 12.3 Å². The number of pyridine rings is 1. The van der Waals surface area contributed by atoms with Crippen LogP contribution < -0.4 is 4.90 Å². The first-order valence-corrected chi connectivity index (χ1v) is 7.18. The van der Waals surface area contributed by atoms with Crippen molar-refractivity contribution in [1.82, 2.24) is 4.98 Å². The smallest absolute Gasteiger partial charge is 0.328 e. The highest BCUT2D eigenvalue weighted by molar-refractivity contribution is 5.85. The first-order chi connectivity index (χ1) is 9.86. The Hall–Kier alpha value is -2.10. The fourth-order valence-electron chi connectivity index (χ4n) is 2.41. The number of hydrogen-bond acceptors (Lipinski definition) is 3. The summed E-state index contributed by atoms with van der Waals surface area (Å²) in [6, 6.07) is 3.84. The average molecular weight is 286 g/mol. The lowest BCUT2D eigenvalue weighted by Crippen LogP contribution is -2.31. The normalized spacial score (nSPS) is 16.1. The molecule has 1 aliphatic rings. The minimum absolute atomic E-state index is 0.241. The van der Waals surface area contributed by atoms with Crippen LogP contribution in [0.5, 0.6) is 0 Å². The van der Waals surface area contributed by atoms with E-state index in [1.165, 1.54) is 5.57 Å². The van der Waals surface area contributed by atoms with E-state index in [-0.39, 0.29) is 5.41 Å². The van der Waals surface area contributed by atoms with E-state index >= 15 is 0 Å². The number of carboxylic acids is 1. The summed E-state index contributed by atoms with van der Waals surface area (Å²) in [5.74, 6) is -0.0124. The zero-order valence-electron chi connectivity index (χ0n) is 12.8. The highest BCUT2D eigenvalue weighted by atomic mass is 16.4. The third kappa shape index (κ3) is 4.18. The summed E-state index contributed by atoms with van der Waals surface area (Å²) in [7, 11) is 0. The van der Waals surface area contributed by atoms with Gasteiger partial charge >= 0.3 is 5.97 Å². The lowest BCUT2D eigenvalue weighted by Gasteiger charge is -2.32. The molecule has 4 heteroatoms. The summed E-state index contributed by atoms with van der Waals surface area (Å²) < 4.78 is 0. The van der Waals surface area contributed by atoms with Gasteiger partial charge in [0, 0.05) is 25.4 Å². The molecule has 1 aliphatic heterocycles. The molecule has 2 rings (SSSR count). The topological polar surface area (TPSA) is 53.4 Å². The van der Waals surface area contributed by atoms with E-state index in [0.29, 0.717) is 0 Å². The lowest BCUT2D eigenvalue weighted by atomic mass is 9.83.